The third-order valence-electron chi connectivity index (χ3n) is 9.02. The summed E-state index contributed by atoms with van der Waals surface area (Å²) in [6.07, 6.45) is -8.10. The molecule has 0 aliphatic carbocycles. The maximum absolute atomic E-state index is 14.0. The fourth-order valence-electron chi connectivity index (χ4n) is 6.26. The number of phenolic OH excluding ortho intramolecular Hbond substituents is 1. The largest absolute Gasteiger partial charge is 0.508 e. The molecule has 0 radical (unpaired) electrons. The maximum atomic E-state index is 14.0. The van der Waals surface area contributed by atoms with E-state index in [1.54, 1.807) is 56.3 Å². The number of rotatable bonds is 21. The zero-order valence-electron chi connectivity index (χ0n) is 35.8. The van der Waals surface area contributed by atoms with Gasteiger partial charge in [-0.3, -0.25) is 38.4 Å². The quantitative estimate of drug-likeness (QED) is 0.0672. The average molecular weight is 886 g/mol. The van der Waals surface area contributed by atoms with E-state index >= 15 is 0 Å². The van der Waals surface area contributed by atoms with E-state index in [2.05, 4.69) is 21.3 Å². The Morgan fingerprint density at radius 3 is 1.81 bits per heavy atom. The van der Waals surface area contributed by atoms with Crippen LogP contribution in [0.2, 0.25) is 0 Å². The van der Waals surface area contributed by atoms with Gasteiger partial charge < -0.3 is 60.5 Å². The minimum atomic E-state index is -1.87. The minimum absolute atomic E-state index is 0.0256. The van der Waals surface area contributed by atoms with Crippen LogP contribution in [0.1, 0.15) is 59.1 Å². The Kier molecular flexibility index (Phi) is 19.9. The number of aromatic hydroxyl groups is 1. The molecule has 21 heteroatoms. The second-order valence-electron chi connectivity index (χ2n) is 15.0. The van der Waals surface area contributed by atoms with Crippen LogP contribution in [-0.2, 0) is 84.4 Å². The van der Waals surface area contributed by atoms with Crippen LogP contribution in [-0.4, -0.2) is 127 Å². The Labute approximate surface area is 363 Å². The van der Waals surface area contributed by atoms with Crippen molar-refractivity contribution >= 4 is 53.5 Å². The first-order valence-corrected chi connectivity index (χ1v) is 19.9. The van der Waals surface area contributed by atoms with Gasteiger partial charge in [-0.25, -0.2) is 4.79 Å². The lowest BCUT2D eigenvalue weighted by Gasteiger charge is -2.43. The number of ether oxygens (including phenoxy) is 6. The number of carbonyl (C=O) groups is 9. The fraction of sp³-hybridized carbons (Fsp3) is 0.500. The first-order chi connectivity index (χ1) is 29.7. The van der Waals surface area contributed by atoms with Gasteiger partial charge in [-0.15, -0.1) is 0 Å². The van der Waals surface area contributed by atoms with E-state index in [-0.39, 0.29) is 30.9 Å². The number of amides is 4. The van der Waals surface area contributed by atoms with Gasteiger partial charge in [-0.05, 0) is 42.0 Å². The van der Waals surface area contributed by atoms with Crippen molar-refractivity contribution in [2.75, 3.05) is 19.7 Å². The molecular weight excluding hydrogens is 830 g/mol. The minimum Gasteiger partial charge on any atom is -0.508 e. The Balaban J connectivity index is 1.77. The number of carbonyl (C=O) groups excluding carboxylic acids is 9. The molecule has 344 valence electrons. The van der Waals surface area contributed by atoms with Gasteiger partial charge in [-0.2, -0.15) is 0 Å². The SMILES string of the molecule is CC(=O)OC[C@H]1O[C@@H](OC(=O)[C@H](CC(C)C)NC(=O)[C@@H](Cc2ccccc2)NC(=O)CNC(=O)CNC(=O)[C@@H](N)Cc2ccc(O)cc2)[C@H](OC(C)=O)[C@@H](OC(C)=O)[C@@H]1OC(C)=O. The van der Waals surface area contributed by atoms with Crippen LogP contribution < -0.4 is 27.0 Å². The van der Waals surface area contributed by atoms with Crippen molar-refractivity contribution in [1.29, 1.82) is 0 Å². The van der Waals surface area contributed by atoms with Crippen molar-refractivity contribution < 1.29 is 76.7 Å². The summed E-state index contributed by atoms with van der Waals surface area (Å²) in [5.41, 5.74) is 7.25. The lowest BCUT2D eigenvalue weighted by Crippen LogP contribution is -2.63. The molecule has 2 aromatic rings. The van der Waals surface area contributed by atoms with Gasteiger partial charge in [0.15, 0.2) is 12.2 Å². The number of hydrogen-bond donors (Lipinski definition) is 6. The second-order valence-corrected chi connectivity index (χ2v) is 15.0. The lowest BCUT2D eigenvalue weighted by atomic mass is 9.98. The van der Waals surface area contributed by atoms with Crippen LogP contribution >= 0.6 is 0 Å². The smallest absolute Gasteiger partial charge is 0.331 e. The van der Waals surface area contributed by atoms with Crippen molar-refractivity contribution in [3.63, 3.8) is 0 Å². The Morgan fingerprint density at radius 1 is 0.651 bits per heavy atom. The van der Waals surface area contributed by atoms with Crippen molar-refractivity contribution in [2.24, 2.45) is 11.7 Å². The molecule has 1 heterocycles. The van der Waals surface area contributed by atoms with Gasteiger partial charge in [0.2, 0.25) is 36.0 Å². The maximum Gasteiger partial charge on any atom is 0.331 e. The highest BCUT2D eigenvalue weighted by molar-refractivity contribution is 5.93. The molecule has 21 nitrogen and oxygen atoms in total. The van der Waals surface area contributed by atoms with Gasteiger partial charge >= 0.3 is 29.8 Å². The zero-order valence-corrected chi connectivity index (χ0v) is 35.8. The van der Waals surface area contributed by atoms with E-state index in [9.17, 15) is 48.3 Å². The zero-order chi connectivity index (χ0) is 46.8. The van der Waals surface area contributed by atoms with E-state index in [1.807, 2.05) is 0 Å². The third kappa shape index (κ3) is 17.7. The number of benzene rings is 2. The van der Waals surface area contributed by atoms with Gasteiger partial charge in [0.25, 0.3) is 0 Å². The molecule has 1 aliphatic heterocycles. The highest BCUT2D eigenvalue weighted by atomic mass is 16.7. The van der Waals surface area contributed by atoms with Crippen LogP contribution in [0.15, 0.2) is 54.6 Å². The molecule has 2 aromatic carbocycles. The molecule has 8 atom stereocenters. The number of nitrogens with one attached hydrogen (secondary N) is 4. The topological polar surface area (TPSA) is 303 Å². The number of hydrogen-bond acceptors (Lipinski definition) is 17. The van der Waals surface area contributed by atoms with Crippen LogP contribution in [0.25, 0.3) is 0 Å². The molecular formula is C42H55N5O16. The van der Waals surface area contributed by atoms with E-state index in [4.69, 9.17) is 34.2 Å². The summed E-state index contributed by atoms with van der Waals surface area (Å²) in [5, 5.41) is 19.4. The van der Waals surface area contributed by atoms with Crippen LogP contribution in [0.4, 0.5) is 0 Å². The molecule has 63 heavy (non-hydrogen) atoms. The van der Waals surface area contributed by atoms with Crippen molar-refractivity contribution in [1.82, 2.24) is 21.3 Å². The van der Waals surface area contributed by atoms with Gasteiger partial charge in [-0.1, -0.05) is 56.3 Å². The molecule has 0 aromatic heterocycles. The molecule has 0 spiro atoms. The Hall–Kier alpha value is -6.61. The molecule has 0 unspecified atom stereocenters. The normalized spacial score (nSPS) is 19.5. The molecule has 7 N–H and O–H groups in total. The number of phenols is 1. The number of nitrogens with two attached hydrogens (primary N) is 1. The van der Waals surface area contributed by atoms with Gasteiger partial charge in [0.05, 0.1) is 19.1 Å². The first-order valence-electron chi connectivity index (χ1n) is 19.9. The van der Waals surface area contributed by atoms with Crippen molar-refractivity contribution in [2.45, 2.75) is 110 Å². The Bertz CT molecular complexity index is 1930. The monoisotopic (exact) mass is 885 g/mol. The van der Waals surface area contributed by atoms with E-state index in [1.165, 1.54) is 12.1 Å². The average Bonchev–Trinajstić information content (AvgIpc) is 3.20. The summed E-state index contributed by atoms with van der Waals surface area (Å²) < 4.78 is 32.8. The van der Waals surface area contributed by atoms with Crippen molar-refractivity contribution in [3.8, 4) is 5.75 Å². The van der Waals surface area contributed by atoms with Crippen molar-refractivity contribution in [3.05, 3.63) is 65.7 Å². The molecule has 0 saturated carbocycles. The molecule has 3 rings (SSSR count). The summed E-state index contributed by atoms with van der Waals surface area (Å²) in [7, 11) is 0. The highest BCUT2D eigenvalue weighted by Gasteiger charge is 2.54. The van der Waals surface area contributed by atoms with Gasteiger partial charge in [0, 0.05) is 34.1 Å². The lowest BCUT2D eigenvalue weighted by molar-refractivity contribution is -0.301. The fourth-order valence-corrected chi connectivity index (χ4v) is 6.26. The summed E-state index contributed by atoms with van der Waals surface area (Å²) in [6.45, 7) is 5.99. The molecule has 4 amide bonds. The van der Waals surface area contributed by atoms with E-state index in [0.717, 1.165) is 27.7 Å². The van der Waals surface area contributed by atoms with Crippen LogP contribution in [0, 0.1) is 5.92 Å². The first kappa shape index (κ1) is 50.7. The summed E-state index contributed by atoms with van der Waals surface area (Å²) >= 11 is 0. The van der Waals surface area contributed by atoms with Gasteiger partial charge in [0.1, 0.15) is 30.5 Å². The summed E-state index contributed by atoms with van der Waals surface area (Å²) in [6, 6.07) is 10.9. The predicted octanol–water partition coefficient (Wildman–Crippen LogP) is -0.621. The van der Waals surface area contributed by atoms with Crippen LogP contribution in [0.5, 0.6) is 5.75 Å². The van der Waals surface area contributed by atoms with Crippen LogP contribution in [0.3, 0.4) is 0 Å². The van der Waals surface area contributed by atoms with E-state index in [0.29, 0.717) is 11.1 Å². The Morgan fingerprint density at radius 2 is 1.22 bits per heavy atom. The highest BCUT2D eigenvalue weighted by Crippen LogP contribution is 2.30. The standard InChI is InChI=1S/C42H55N5O16/c1-22(2)16-32(41(57)63-42-38(61-26(6)51)37(60-25(5)50)36(59-24(4)49)33(62-42)21-58-23(3)48)47-40(56)31(18-27-10-8-7-9-11-27)46-35(54)20-44-34(53)19-45-39(55)30(43)17-28-12-14-29(52)15-13-28/h7-15,22,30-33,36-38,42,52H,16-21,43H2,1-6H3,(H,44,53)(H,45,55)(H,46,54)(H,47,56)/t30-,31+,32-,33+,36+,37-,38+,42-/m0/s1. The van der Waals surface area contributed by atoms with E-state index < -0.39 is 122 Å². The molecule has 0 bridgehead atoms. The molecule has 1 saturated heterocycles. The predicted molar refractivity (Wildman–Crippen MR) is 217 cm³/mol. The second kappa shape index (κ2) is 24.7. The summed E-state index contributed by atoms with van der Waals surface area (Å²) in [5.74, 6) is -7.77. The number of esters is 5. The summed E-state index contributed by atoms with van der Waals surface area (Å²) in [4.78, 5) is 115. The third-order valence-corrected chi connectivity index (χ3v) is 9.02. The molecule has 1 aliphatic rings. The molecule has 1 fully saturated rings.